The van der Waals surface area contributed by atoms with Gasteiger partial charge in [0.25, 0.3) is 0 Å². The highest BCUT2D eigenvalue weighted by Gasteiger charge is 2.19. The van der Waals surface area contributed by atoms with Gasteiger partial charge >= 0.3 is 0 Å². The molecule has 1 fully saturated rings. The van der Waals surface area contributed by atoms with Gasteiger partial charge in [-0.05, 0) is 38.1 Å². The van der Waals surface area contributed by atoms with Crippen molar-refractivity contribution in [3.63, 3.8) is 0 Å². The molecule has 1 aliphatic rings. The highest BCUT2D eigenvalue weighted by Crippen LogP contribution is 2.27. The summed E-state index contributed by atoms with van der Waals surface area (Å²) in [5.41, 5.74) is 1.12. The molecule has 1 unspecified atom stereocenters. The highest BCUT2D eigenvalue weighted by molar-refractivity contribution is 6.42. The van der Waals surface area contributed by atoms with Crippen LogP contribution >= 0.6 is 35.6 Å². The van der Waals surface area contributed by atoms with Gasteiger partial charge in [0.15, 0.2) is 0 Å². The summed E-state index contributed by atoms with van der Waals surface area (Å²) in [5.74, 6) is 0. The van der Waals surface area contributed by atoms with E-state index in [1.165, 1.54) is 12.8 Å². The van der Waals surface area contributed by atoms with E-state index in [-0.39, 0.29) is 12.4 Å². The zero-order valence-electron chi connectivity index (χ0n) is 10.5. The van der Waals surface area contributed by atoms with Gasteiger partial charge in [-0.1, -0.05) is 35.3 Å². The van der Waals surface area contributed by atoms with E-state index in [4.69, 9.17) is 23.2 Å². The molecule has 0 spiro atoms. The zero-order chi connectivity index (χ0) is 12.3. The maximum absolute atomic E-state index is 6.21. The number of nitrogens with one attached hydrogen (secondary N) is 1. The molecule has 1 aliphatic heterocycles. The molecule has 0 aliphatic carbocycles. The molecular formula is C13H19Cl3N2. The lowest BCUT2D eigenvalue weighted by Crippen LogP contribution is -2.43. The summed E-state index contributed by atoms with van der Waals surface area (Å²) in [7, 11) is 2.03. The molecule has 1 heterocycles. The Morgan fingerprint density at radius 2 is 2.17 bits per heavy atom. The number of likely N-dealkylation sites (N-methyl/N-ethyl adjacent to an activating group) is 1. The van der Waals surface area contributed by atoms with Crippen LogP contribution in [-0.4, -0.2) is 31.1 Å². The molecule has 0 bridgehead atoms. The van der Waals surface area contributed by atoms with Gasteiger partial charge in [-0.25, -0.2) is 0 Å². The van der Waals surface area contributed by atoms with Crippen LogP contribution < -0.4 is 5.32 Å². The van der Waals surface area contributed by atoms with Crippen LogP contribution in [0, 0.1) is 0 Å². The summed E-state index contributed by atoms with van der Waals surface area (Å²) in [6, 6.07) is 6.45. The average Bonchev–Trinajstić information content (AvgIpc) is 2.35. The molecule has 0 radical (unpaired) electrons. The van der Waals surface area contributed by atoms with Crippen molar-refractivity contribution in [1.82, 2.24) is 10.2 Å². The number of benzene rings is 1. The van der Waals surface area contributed by atoms with E-state index >= 15 is 0 Å². The van der Waals surface area contributed by atoms with Gasteiger partial charge in [0.1, 0.15) is 0 Å². The summed E-state index contributed by atoms with van der Waals surface area (Å²) in [4.78, 5) is 2.43. The lowest BCUT2D eigenvalue weighted by atomic mass is 10.1. The monoisotopic (exact) mass is 308 g/mol. The molecule has 1 aromatic carbocycles. The second kappa shape index (κ2) is 7.56. The van der Waals surface area contributed by atoms with E-state index in [1.54, 1.807) is 0 Å². The van der Waals surface area contributed by atoms with Gasteiger partial charge in [-0.2, -0.15) is 0 Å². The molecule has 1 atom stereocenters. The van der Waals surface area contributed by atoms with Crippen molar-refractivity contribution in [3.8, 4) is 0 Å². The Morgan fingerprint density at radius 3 is 2.89 bits per heavy atom. The van der Waals surface area contributed by atoms with Gasteiger partial charge in [0.2, 0.25) is 0 Å². The summed E-state index contributed by atoms with van der Waals surface area (Å²) in [6.07, 6.45) is 2.50. The first kappa shape index (κ1) is 16.1. The van der Waals surface area contributed by atoms with Crippen molar-refractivity contribution in [2.24, 2.45) is 0 Å². The molecule has 18 heavy (non-hydrogen) atoms. The zero-order valence-corrected chi connectivity index (χ0v) is 12.8. The van der Waals surface area contributed by atoms with E-state index in [0.717, 1.165) is 25.2 Å². The molecule has 0 aromatic heterocycles. The summed E-state index contributed by atoms with van der Waals surface area (Å²) in [5, 5.41) is 4.68. The number of likely N-dealkylation sites (tertiary alicyclic amines) is 1. The molecule has 0 saturated carbocycles. The minimum absolute atomic E-state index is 0. The minimum atomic E-state index is 0. The Hall–Kier alpha value is 0.01000. The Bertz CT molecular complexity index is 384. The van der Waals surface area contributed by atoms with E-state index in [1.807, 2.05) is 19.2 Å². The van der Waals surface area contributed by atoms with Crippen LogP contribution in [0.25, 0.3) is 0 Å². The van der Waals surface area contributed by atoms with Crippen molar-refractivity contribution in [3.05, 3.63) is 33.8 Å². The largest absolute Gasteiger partial charge is 0.316 e. The Balaban J connectivity index is 0.00000162. The molecule has 1 saturated heterocycles. The Kier molecular flexibility index (Phi) is 6.75. The van der Waals surface area contributed by atoms with Gasteiger partial charge in [0.05, 0.1) is 10.0 Å². The van der Waals surface area contributed by atoms with Crippen molar-refractivity contribution < 1.29 is 0 Å². The van der Waals surface area contributed by atoms with Crippen molar-refractivity contribution in [2.45, 2.75) is 25.4 Å². The number of hydrogen-bond acceptors (Lipinski definition) is 2. The van der Waals surface area contributed by atoms with Crippen LogP contribution in [0.4, 0.5) is 0 Å². The Labute approximate surface area is 125 Å². The maximum atomic E-state index is 6.21. The highest BCUT2D eigenvalue weighted by atomic mass is 35.5. The third kappa shape index (κ3) is 4.01. The van der Waals surface area contributed by atoms with Crippen molar-refractivity contribution >= 4 is 35.6 Å². The lowest BCUT2D eigenvalue weighted by Gasteiger charge is -2.32. The first-order valence-corrected chi connectivity index (χ1v) is 6.79. The SMILES string of the molecule is CNC1CCCN(Cc2cccc(Cl)c2Cl)C1.Cl. The second-order valence-corrected chi connectivity index (χ2v) is 5.36. The van der Waals surface area contributed by atoms with Gasteiger partial charge in [-0.15, -0.1) is 12.4 Å². The topological polar surface area (TPSA) is 15.3 Å². The van der Waals surface area contributed by atoms with Crippen molar-refractivity contribution in [2.75, 3.05) is 20.1 Å². The predicted octanol–water partition coefficient (Wildman–Crippen LogP) is 3.60. The molecule has 5 heteroatoms. The molecule has 2 rings (SSSR count). The molecular weight excluding hydrogens is 291 g/mol. The maximum Gasteiger partial charge on any atom is 0.0637 e. The summed E-state index contributed by atoms with van der Waals surface area (Å²) in [6.45, 7) is 3.11. The number of nitrogens with zero attached hydrogens (tertiary/aromatic N) is 1. The third-order valence-corrected chi connectivity index (χ3v) is 4.20. The Morgan fingerprint density at radius 1 is 1.39 bits per heavy atom. The normalized spacial score (nSPS) is 20.5. The molecule has 0 amide bonds. The number of halogens is 3. The van der Waals surface area contributed by atoms with Crippen molar-refractivity contribution in [1.29, 1.82) is 0 Å². The summed E-state index contributed by atoms with van der Waals surface area (Å²) < 4.78 is 0. The molecule has 1 aromatic rings. The van der Waals surface area contributed by atoms with E-state index in [9.17, 15) is 0 Å². The van der Waals surface area contributed by atoms with E-state index < -0.39 is 0 Å². The van der Waals surface area contributed by atoms with Gasteiger partial charge in [0, 0.05) is 19.1 Å². The van der Waals surface area contributed by atoms with Crippen LogP contribution in [-0.2, 0) is 6.54 Å². The first-order valence-electron chi connectivity index (χ1n) is 6.03. The predicted molar refractivity (Wildman–Crippen MR) is 81.1 cm³/mol. The fourth-order valence-electron chi connectivity index (χ4n) is 2.35. The minimum Gasteiger partial charge on any atom is -0.316 e. The van der Waals surface area contributed by atoms with E-state index in [0.29, 0.717) is 16.1 Å². The third-order valence-electron chi connectivity index (χ3n) is 3.34. The molecule has 1 N–H and O–H groups in total. The standard InChI is InChI=1S/C13H18Cl2N2.ClH/c1-16-11-5-3-7-17(9-11)8-10-4-2-6-12(14)13(10)15;/h2,4,6,11,16H,3,5,7-9H2,1H3;1H. The quantitative estimate of drug-likeness (QED) is 0.918. The number of piperidine rings is 1. The molecule has 2 nitrogen and oxygen atoms in total. The van der Waals surface area contributed by atoms with Crippen LogP contribution in [0.2, 0.25) is 10.0 Å². The molecule has 102 valence electrons. The number of hydrogen-bond donors (Lipinski definition) is 1. The summed E-state index contributed by atoms with van der Waals surface area (Å²) >= 11 is 12.2. The van der Waals surface area contributed by atoms with Crippen LogP contribution in [0.5, 0.6) is 0 Å². The second-order valence-electron chi connectivity index (χ2n) is 4.58. The fourth-order valence-corrected chi connectivity index (χ4v) is 2.73. The lowest BCUT2D eigenvalue weighted by molar-refractivity contribution is 0.188. The van der Waals surface area contributed by atoms with E-state index in [2.05, 4.69) is 16.3 Å². The van der Waals surface area contributed by atoms with Crippen LogP contribution in [0.15, 0.2) is 18.2 Å². The van der Waals surface area contributed by atoms with Crippen LogP contribution in [0.3, 0.4) is 0 Å². The fraction of sp³-hybridized carbons (Fsp3) is 0.538. The first-order chi connectivity index (χ1) is 8.20. The van der Waals surface area contributed by atoms with Gasteiger partial charge in [-0.3, -0.25) is 4.90 Å². The number of rotatable bonds is 3. The van der Waals surface area contributed by atoms with Gasteiger partial charge < -0.3 is 5.32 Å². The average molecular weight is 310 g/mol. The van der Waals surface area contributed by atoms with Crippen LogP contribution in [0.1, 0.15) is 18.4 Å². The smallest absolute Gasteiger partial charge is 0.0637 e.